The van der Waals surface area contributed by atoms with Crippen molar-refractivity contribution in [3.63, 3.8) is 0 Å². The molecule has 0 saturated heterocycles. The maximum absolute atomic E-state index is 12.6. The summed E-state index contributed by atoms with van der Waals surface area (Å²) in [4.78, 5) is 24.1. The maximum atomic E-state index is 12.6. The van der Waals surface area contributed by atoms with Gasteiger partial charge in [0, 0.05) is 18.9 Å². The van der Waals surface area contributed by atoms with Gasteiger partial charge in [0.1, 0.15) is 0 Å². The largest absolute Gasteiger partial charge is 0.466 e. The summed E-state index contributed by atoms with van der Waals surface area (Å²) in [7, 11) is 0. The molecule has 1 amide bonds. The van der Waals surface area contributed by atoms with Gasteiger partial charge in [-0.05, 0) is 114 Å². The van der Waals surface area contributed by atoms with Gasteiger partial charge in [0.05, 0.1) is 12.2 Å². The molecule has 2 saturated carbocycles. The summed E-state index contributed by atoms with van der Waals surface area (Å²) in [5.41, 5.74) is 1.28. The lowest BCUT2D eigenvalue weighted by molar-refractivity contribution is -0.143. The lowest BCUT2D eigenvalue weighted by Gasteiger charge is -2.52. The van der Waals surface area contributed by atoms with E-state index in [2.05, 4.69) is 32.2 Å². The average molecular weight is 532 g/mol. The smallest absolute Gasteiger partial charge is 0.305 e. The molecule has 0 aromatic rings. The molecule has 0 bridgehead atoms. The van der Waals surface area contributed by atoms with Gasteiger partial charge < -0.3 is 15.2 Å². The van der Waals surface area contributed by atoms with Gasteiger partial charge in [-0.3, -0.25) is 9.59 Å². The zero-order valence-corrected chi connectivity index (χ0v) is 25.3. The first kappa shape index (κ1) is 31.2. The van der Waals surface area contributed by atoms with E-state index in [-0.39, 0.29) is 23.3 Å². The van der Waals surface area contributed by atoms with Crippen molar-refractivity contribution in [3.05, 3.63) is 11.6 Å². The first-order valence-corrected chi connectivity index (χ1v) is 15.8. The van der Waals surface area contributed by atoms with Gasteiger partial charge in [-0.2, -0.15) is 0 Å². The normalized spacial score (nSPS) is 32.9. The monoisotopic (exact) mass is 531 g/mol. The Labute approximate surface area is 232 Å². The standard InChI is InChI=1S/C33H57NO4/c1-7-38-31(36)13-9-12-30(35)34-27-19-21-33(6)26(22-27)16-17-28-24(3)14-15-25(10-8-11-29(28)33)23(2)18-20-32(4,5)37/h16,23-25,27-29,37H,7-15,17-22H2,1-6H3,(H,34,35)/t23?,24?,25-,27+,28?,29?,33+/m1/s1. The number of esters is 1. The second kappa shape index (κ2) is 13.8. The number of aliphatic hydroxyl groups is 1. The van der Waals surface area contributed by atoms with Gasteiger partial charge in [-0.15, -0.1) is 0 Å². The highest BCUT2D eigenvalue weighted by atomic mass is 16.5. The number of carbonyl (C=O) groups excluding carboxylic acids is 2. The van der Waals surface area contributed by atoms with Crippen molar-refractivity contribution in [1.29, 1.82) is 0 Å². The number of nitrogens with one attached hydrogen (secondary N) is 1. The van der Waals surface area contributed by atoms with E-state index >= 15 is 0 Å². The molecule has 0 heterocycles. The van der Waals surface area contributed by atoms with Crippen molar-refractivity contribution in [2.24, 2.45) is 35.0 Å². The number of fused-ring (bicyclic) bond motifs is 3. The highest BCUT2D eigenvalue weighted by Gasteiger charge is 2.48. The minimum Gasteiger partial charge on any atom is -0.466 e. The van der Waals surface area contributed by atoms with Crippen LogP contribution in [0, 0.1) is 35.0 Å². The molecule has 0 radical (unpaired) electrons. The van der Waals surface area contributed by atoms with Gasteiger partial charge in [0.15, 0.2) is 0 Å². The molecule has 3 aliphatic carbocycles. The van der Waals surface area contributed by atoms with Gasteiger partial charge in [-0.1, -0.05) is 51.7 Å². The minimum absolute atomic E-state index is 0.0676. The van der Waals surface area contributed by atoms with Crippen LogP contribution < -0.4 is 5.32 Å². The molecule has 3 aliphatic rings. The van der Waals surface area contributed by atoms with Crippen molar-refractivity contribution in [2.75, 3.05) is 6.61 Å². The number of amides is 1. The van der Waals surface area contributed by atoms with Crippen molar-refractivity contribution in [3.8, 4) is 0 Å². The highest BCUT2D eigenvalue weighted by Crippen LogP contribution is 2.56. The van der Waals surface area contributed by atoms with Crippen LogP contribution in [-0.4, -0.2) is 35.2 Å². The molecule has 3 rings (SSSR count). The number of allylic oxidation sites excluding steroid dienone is 1. The summed E-state index contributed by atoms with van der Waals surface area (Å²) >= 11 is 0. The third-order valence-electron chi connectivity index (χ3n) is 10.5. The fraction of sp³-hybridized carbons (Fsp3) is 0.879. The van der Waals surface area contributed by atoms with Gasteiger partial charge >= 0.3 is 5.97 Å². The van der Waals surface area contributed by atoms with Crippen LogP contribution in [0.4, 0.5) is 0 Å². The van der Waals surface area contributed by atoms with Gasteiger partial charge in [0.2, 0.25) is 5.91 Å². The zero-order valence-electron chi connectivity index (χ0n) is 25.3. The molecule has 0 aromatic heterocycles. The topological polar surface area (TPSA) is 75.6 Å². The summed E-state index contributed by atoms with van der Waals surface area (Å²) in [6.45, 7) is 13.5. The predicted molar refractivity (Wildman–Crippen MR) is 154 cm³/mol. The molecule has 0 aliphatic heterocycles. The van der Waals surface area contributed by atoms with E-state index in [4.69, 9.17) is 4.74 Å². The Kier molecular flexibility index (Phi) is 11.3. The Morgan fingerprint density at radius 1 is 1.18 bits per heavy atom. The Balaban J connectivity index is 1.56. The summed E-state index contributed by atoms with van der Waals surface area (Å²) in [6, 6.07) is 0.218. The molecule has 2 fully saturated rings. The third kappa shape index (κ3) is 8.57. The Bertz CT molecular complexity index is 814. The van der Waals surface area contributed by atoms with Crippen molar-refractivity contribution in [2.45, 2.75) is 143 Å². The molecule has 0 aromatic carbocycles. The van der Waals surface area contributed by atoms with Gasteiger partial charge in [-0.25, -0.2) is 0 Å². The van der Waals surface area contributed by atoms with E-state index in [9.17, 15) is 14.7 Å². The predicted octanol–water partition coefficient (Wildman–Crippen LogP) is 7.36. The number of carbonyl (C=O) groups is 2. The zero-order chi connectivity index (χ0) is 27.9. The molecular formula is C33H57NO4. The van der Waals surface area contributed by atoms with E-state index in [0.29, 0.717) is 31.8 Å². The summed E-state index contributed by atoms with van der Waals surface area (Å²) in [6.07, 6.45) is 16.8. The molecular weight excluding hydrogens is 474 g/mol. The van der Waals surface area contributed by atoms with E-state index in [1.807, 2.05) is 13.8 Å². The molecule has 5 heteroatoms. The summed E-state index contributed by atoms with van der Waals surface area (Å²) < 4.78 is 4.97. The van der Waals surface area contributed by atoms with Crippen LogP contribution >= 0.6 is 0 Å². The van der Waals surface area contributed by atoms with E-state index in [0.717, 1.165) is 55.8 Å². The second-order valence-corrected chi connectivity index (χ2v) is 13.9. The van der Waals surface area contributed by atoms with Crippen LogP contribution in [0.3, 0.4) is 0 Å². The molecule has 2 N–H and O–H groups in total. The lowest BCUT2D eigenvalue weighted by atomic mass is 9.53. The molecule has 5 nitrogen and oxygen atoms in total. The molecule has 218 valence electrons. The maximum Gasteiger partial charge on any atom is 0.305 e. The van der Waals surface area contributed by atoms with Crippen LogP contribution in [-0.2, 0) is 14.3 Å². The number of rotatable bonds is 10. The first-order valence-electron chi connectivity index (χ1n) is 15.8. The van der Waals surface area contributed by atoms with Crippen molar-refractivity contribution in [1.82, 2.24) is 5.32 Å². The second-order valence-electron chi connectivity index (χ2n) is 13.9. The third-order valence-corrected chi connectivity index (χ3v) is 10.5. The highest BCUT2D eigenvalue weighted by molar-refractivity contribution is 5.77. The first-order chi connectivity index (χ1) is 17.9. The van der Waals surface area contributed by atoms with E-state index < -0.39 is 5.60 Å². The minimum atomic E-state index is -0.563. The Morgan fingerprint density at radius 3 is 2.66 bits per heavy atom. The summed E-state index contributed by atoms with van der Waals surface area (Å²) in [5.74, 6) is 3.55. The van der Waals surface area contributed by atoms with Crippen LogP contribution in [0.5, 0.6) is 0 Å². The molecule has 0 spiro atoms. The van der Waals surface area contributed by atoms with Crippen molar-refractivity contribution < 1.29 is 19.4 Å². The summed E-state index contributed by atoms with van der Waals surface area (Å²) in [5, 5.41) is 13.5. The Hall–Kier alpha value is -1.36. The van der Waals surface area contributed by atoms with Crippen LogP contribution in [0.25, 0.3) is 0 Å². The SMILES string of the molecule is CCOC(=O)CCCC(=O)N[C@H]1CC[C@@]2(C)C(=CCC3C(C)CC[C@H](C(C)CCC(C)(C)O)CCCC32)C1. The molecule has 38 heavy (non-hydrogen) atoms. The number of hydrogen-bond donors (Lipinski definition) is 2. The number of hydrogen-bond acceptors (Lipinski definition) is 4. The van der Waals surface area contributed by atoms with Crippen LogP contribution in [0.15, 0.2) is 11.6 Å². The van der Waals surface area contributed by atoms with Crippen LogP contribution in [0.1, 0.15) is 131 Å². The fourth-order valence-electron chi connectivity index (χ4n) is 7.92. The van der Waals surface area contributed by atoms with Gasteiger partial charge in [0.25, 0.3) is 0 Å². The average Bonchev–Trinajstić information content (AvgIpc) is 2.92. The van der Waals surface area contributed by atoms with Crippen LogP contribution in [0.2, 0.25) is 0 Å². The number of ether oxygens (including phenoxy) is 1. The molecule has 7 atom stereocenters. The lowest BCUT2D eigenvalue weighted by Crippen LogP contribution is -2.47. The van der Waals surface area contributed by atoms with E-state index in [1.165, 1.54) is 38.5 Å². The fourth-order valence-corrected chi connectivity index (χ4v) is 7.92. The quantitative estimate of drug-likeness (QED) is 0.228. The Morgan fingerprint density at radius 2 is 1.95 bits per heavy atom. The van der Waals surface area contributed by atoms with E-state index in [1.54, 1.807) is 12.5 Å². The van der Waals surface area contributed by atoms with Crippen molar-refractivity contribution >= 4 is 11.9 Å². The molecule has 4 unspecified atom stereocenters.